The minimum atomic E-state index is -3.97. The van der Waals surface area contributed by atoms with Crippen LogP contribution in [-0.2, 0) is 14.8 Å². The molecule has 2 aromatic rings. The molecule has 1 N–H and O–H groups in total. The molecule has 28 heavy (non-hydrogen) atoms. The molecule has 1 aliphatic rings. The average Bonchev–Trinajstić information content (AvgIpc) is 3.01. The Balaban J connectivity index is 1.70. The Bertz CT molecular complexity index is 1020. The van der Waals surface area contributed by atoms with E-state index in [9.17, 15) is 27.7 Å². The van der Waals surface area contributed by atoms with E-state index in [2.05, 4.69) is 4.72 Å². The number of carbonyl (C=O) groups excluding carboxylic acids is 1. The molecule has 2 aromatic carbocycles. The molecule has 0 saturated carbocycles. The Hall–Kier alpha value is -2.85. The predicted octanol–water partition coefficient (Wildman–Crippen LogP) is 2.37. The van der Waals surface area contributed by atoms with Gasteiger partial charge in [-0.1, -0.05) is 6.07 Å². The minimum Gasteiger partial charge on any atom is -0.312 e. The summed E-state index contributed by atoms with van der Waals surface area (Å²) in [4.78, 5) is 23.8. The summed E-state index contributed by atoms with van der Waals surface area (Å²) >= 11 is 0. The van der Waals surface area contributed by atoms with Crippen molar-refractivity contribution in [3.05, 3.63) is 64.0 Å². The van der Waals surface area contributed by atoms with Gasteiger partial charge in [0.05, 0.1) is 9.82 Å². The second-order valence-corrected chi connectivity index (χ2v) is 8.35. The van der Waals surface area contributed by atoms with Gasteiger partial charge in [-0.05, 0) is 42.7 Å². The van der Waals surface area contributed by atoms with E-state index < -0.39 is 20.8 Å². The van der Waals surface area contributed by atoms with E-state index in [0.29, 0.717) is 17.8 Å². The number of nitrogens with one attached hydrogen (secondary N) is 1. The zero-order valence-corrected chi connectivity index (χ0v) is 15.8. The van der Waals surface area contributed by atoms with Gasteiger partial charge in [-0.3, -0.25) is 14.9 Å². The molecule has 8 nitrogen and oxygen atoms in total. The molecule has 3 rings (SSSR count). The highest BCUT2D eigenvalue weighted by molar-refractivity contribution is 7.89. The highest BCUT2D eigenvalue weighted by Gasteiger charge is 2.32. The maximum atomic E-state index is 13.0. The number of nitrogens with zero attached hydrogens (tertiary/aromatic N) is 2. The highest BCUT2D eigenvalue weighted by Crippen LogP contribution is 2.26. The number of carbonyl (C=O) groups is 1. The molecule has 1 saturated heterocycles. The fourth-order valence-electron chi connectivity index (χ4n) is 3.09. The van der Waals surface area contributed by atoms with Gasteiger partial charge < -0.3 is 4.90 Å². The van der Waals surface area contributed by atoms with Crippen molar-refractivity contribution in [1.82, 2.24) is 4.72 Å². The molecule has 1 aliphatic heterocycles. The van der Waals surface area contributed by atoms with Crippen LogP contribution >= 0.6 is 0 Å². The van der Waals surface area contributed by atoms with Crippen molar-refractivity contribution in [2.75, 3.05) is 18.0 Å². The number of non-ortho nitro benzene ring substituents is 1. The quantitative estimate of drug-likeness (QED) is 0.584. The van der Waals surface area contributed by atoms with Crippen molar-refractivity contribution in [2.45, 2.75) is 18.2 Å². The molecule has 1 fully saturated rings. The van der Waals surface area contributed by atoms with Crippen LogP contribution in [0, 0.1) is 28.8 Å². The van der Waals surface area contributed by atoms with E-state index >= 15 is 0 Å². The molecule has 0 radical (unpaired) electrons. The number of amides is 1. The third-order valence-electron chi connectivity index (χ3n) is 4.58. The Morgan fingerprint density at radius 2 is 1.93 bits per heavy atom. The molecule has 1 amide bonds. The van der Waals surface area contributed by atoms with Gasteiger partial charge in [0.2, 0.25) is 15.9 Å². The smallest absolute Gasteiger partial charge is 0.270 e. The fraction of sp³-hybridized carbons (Fsp3) is 0.278. The Morgan fingerprint density at radius 3 is 2.57 bits per heavy atom. The highest BCUT2D eigenvalue weighted by atomic mass is 32.2. The number of aryl methyl sites for hydroxylation is 1. The summed E-state index contributed by atoms with van der Waals surface area (Å²) in [5.74, 6) is -0.860. The molecule has 0 aliphatic carbocycles. The van der Waals surface area contributed by atoms with Gasteiger partial charge in [-0.25, -0.2) is 17.5 Å². The molecule has 0 aromatic heterocycles. The number of halogens is 1. The number of benzene rings is 2. The predicted molar refractivity (Wildman–Crippen MR) is 99.9 cm³/mol. The number of hydrogen-bond donors (Lipinski definition) is 1. The van der Waals surface area contributed by atoms with Crippen molar-refractivity contribution >= 4 is 27.3 Å². The van der Waals surface area contributed by atoms with Crippen LogP contribution in [0.1, 0.15) is 12.0 Å². The van der Waals surface area contributed by atoms with Crippen LogP contribution < -0.4 is 9.62 Å². The van der Waals surface area contributed by atoms with Crippen molar-refractivity contribution in [2.24, 2.45) is 5.92 Å². The van der Waals surface area contributed by atoms with Crippen molar-refractivity contribution in [3.8, 4) is 0 Å². The summed E-state index contributed by atoms with van der Waals surface area (Å²) in [6.07, 6.45) is 0.147. The lowest BCUT2D eigenvalue weighted by Gasteiger charge is -2.17. The fourth-order valence-corrected chi connectivity index (χ4v) is 4.46. The third kappa shape index (κ3) is 4.18. The standard InChI is InChI=1S/C18H18FN3O5S/c1-12-2-5-16(22(24)25)9-17(12)28(26,27)20-10-13-8-18(23)21(11-13)15-6-3-14(19)4-7-15/h2-7,9,13,20H,8,10-11H2,1H3. The van der Waals surface area contributed by atoms with E-state index in [1.165, 1.54) is 41.3 Å². The topological polar surface area (TPSA) is 110 Å². The van der Waals surface area contributed by atoms with Gasteiger partial charge >= 0.3 is 0 Å². The summed E-state index contributed by atoms with van der Waals surface area (Å²) < 4.78 is 40.6. The SMILES string of the molecule is Cc1ccc([N+](=O)[O-])cc1S(=O)(=O)NCC1CC(=O)N(c2ccc(F)cc2)C1. The second-order valence-electron chi connectivity index (χ2n) is 6.61. The minimum absolute atomic E-state index is 0.00784. The van der Waals surface area contributed by atoms with Crippen LogP contribution in [0.4, 0.5) is 15.8 Å². The van der Waals surface area contributed by atoms with Crippen molar-refractivity contribution in [1.29, 1.82) is 0 Å². The van der Waals surface area contributed by atoms with E-state index in [1.807, 2.05) is 0 Å². The van der Waals surface area contributed by atoms with Crippen LogP contribution in [0.5, 0.6) is 0 Å². The van der Waals surface area contributed by atoms with Crippen molar-refractivity contribution in [3.63, 3.8) is 0 Å². The summed E-state index contributed by atoms with van der Waals surface area (Å²) in [5.41, 5.74) is 0.615. The van der Waals surface area contributed by atoms with Gasteiger partial charge in [-0.2, -0.15) is 0 Å². The van der Waals surface area contributed by atoms with Gasteiger partial charge in [0.15, 0.2) is 0 Å². The van der Waals surface area contributed by atoms with Crippen LogP contribution in [0.2, 0.25) is 0 Å². The third-order valence-corrected chi connectivity index (χ3v) is 6.14. The molecule has 1 heterocycles. The second kappa shape index (κ2) is 7.64. The summed E-state index contributed by atoms with van der Waals surface area (Å²) in [6.45, 7) is 1.85. The van der Waals surface area contributed by atoms with Crippen LogP contribution in [0.15, 0.2) is 47.4 Å². The molecule has 0 bridgehead atoms. The van der Waals surface area contributed by atoms with Crippen LogP contribution in [0.3, 0.4) is 0 Å². The van der Waals surface area contributed by atoms with Crippen molar-refractivity contribution < 1.29 is 22.5 Å². The normalized spacial score (nSPS) is 17.1. The zero-order chi connectivity index (χ0) is 20.5. The Labute approximate surface area is 161 Å². The number of rotatable bonds is 6. The first-order chi connectivity index (χ1) is 13.2. The van der Waals surface area contributed by atoms with Crippen LogP contribution in [0.25, 0.3) is 0 Å². The first-order valence-electron chi connectivity index (χ1n) is 8.48. The summed E-state index contributed by atoms with van der Waals surface area (Å²) in [5, 5.41) is 10.9. The zero-order valence-electron chi connectivity index (χ0n) is 15.0. The average molecular weight is 407 g/mol. The van der Waals surface area contributed by atoms with E-state index in [1.54, 1.807) is 6.92 Å². The first-order valence-corrected chi connectivity index (χ1v) is 9.96. The van der Waals surface area contributed by atoms with Gasteiger partial charge in [0.25, 0.3) is 5.69 Å². The lowest BCUT2D eigenvalue weighted by molar-refractivity contribution is -0.385. The lowest BCUT2D eigenvalue weighted by Crippen LogP contribution is -2.31. The molecule has 1 unspecified atom stereocenters. The first kappa shape index (κ1) is 19.9. The molecule has 10 heteroatoms. The van der Waals surface area contributed by atoms with E-state index in [0.717, 1.165) is 6.07 Å². The maximum Gasteiger partial charge on any atom is 0.270 e. The molecule has 0 spiro atoms. The number of nitro groups is 1. The number of anilines is 1. The summed E-state index contributed by atoms with van der Waals surface area (Å²) in [6, 6.07) is 9.13. The van der Waals surface area contributed by atoms with Gasteiger partial charge in [0, 0.05) is 37.3 Å². The van der Waals surface area contributed by atoms with Crippen LogP contribution in [-0.4, -0.2) is 32.3 Å². The number of nitro benzene ring substituents is 1. The Morgan fingerprint density at radius 1 is 1.25 bits per heavy atom. The molecular weight excluding hydrogens is 389 g/mol. The lowest BCUT2D eigenvalue weighted by atomic mass is 10.1. The Kier molecular flexibility index (Phi) is 5.43. The molecular formula is C18H18FN3O5S. The summed E-state index contributed by atoms with van der Waals surface area (Å²) in [7, 11) is -3.97. The number of sulfonamides is 1. The largest absolute Gasteiger partial charge is 0.312 e. The molecule has 1 atom stereocenters. The van der Waals surface area contributed by atoms with E-state index in [-0.39, 0.29) is 35.4 Å². The maximum absolute atomic E-state index is 13.0. The number of hydrogen-bond acceptors (Lipinski definition) is 5. The van der Waals surface area contributed by atoms with E-state index in [4.69, 9.17) is 0 Å². The molecule has 148 valence electrons. The monoisotopic (exact) mass is 407 g/mol. The van der Waals surface area contributed by atoms with Gasteiger partial charge in [-0.15, -0.1) is 0 Å². The van der Waals surface area contributed by atoms with Gasteiger partial charge in [0.1, 0.15) is 5.82 Å².